The van der Waals surface area contributed by atoms with Gasteiger partial charge in [0, 0.05) is 31.6 Å². The lowest BCUT2D eigenvalue weighted by Gasteiger charge is -2.32. The summed E-state index contributed by atoms with van der Waals surface area (Å²) in [5.41, 5.74) is 0. The Balaban J connectivity index is 1.77. The molecule has 2 fully saturated rings. The van der Waals surface area contributed by atoms with Crippen molar-refractivity contribution in [2.45, 2.75) is 51.9 Å². The summed E-state index contributed by atoms with van der Waals surface area (Å²) in [5.74, 6) is 4.70. The van der Waals surface area contributed by atoms with Crippen LogP contribution in [0.25, 0.3) is 0 Å². The standard InChI is InChI=1S/C16H26N4/c1-3-12-7-9-20(10-8-12)15-11-14(17-4-2)18-16(19-15)13-5-6-13/h11-13H,3-10H2,1-2H3,(H,17,18,19). The van der Waals surface area contributed by atoms with Crippen LogP contribution in [0.15, 0.2) is 6.07 Å². The van der Waals surface area contributed by atoms with E-state index in [1.807, 2.05) is 0 Å². The topological polar surface area (TPSA) is 41.0 Å². The van der Waals surface area contributed by atoms with Crippen LogP contribution in [0.4, 0.5) is 11.6 Å². The smallest absolute Gasteiger partial charge is 0.136 e. The summed E-state index contributed by atoms with van der Waals surface area (Å²) in [5, 5.41) is 3.35. The van der Waals surface area contributed by atoms with Crippen LogP contribution in [0.1, 0.15) is 57.7 Å². The van der Waals surface area contributed by atoms with Crippen LogP contribution in [0.3, 0.4) is 0 Å². The SMILES string of the molecule is CCNc1cc(N2CCC(CC)CC2)nc(C2CC2)n1. The Morgan fingerprint density at radius 3 is 2.50 bits per heavy atom. The van der Waals surface area contributed by atoms with E-state index >= 15 is 0 Å². The van der Waals surface area contributed by atoms with Crippen molar-refractivity contribution in [3.63, 3.8) is 0 Å². The van der Waals surface area contributed by atoms with Gasteiger partial charge < -0.3 is 10.2 Å². The first-order valence-corrected chi connectivity index (χ1v) is 8.18. The Morgan fingerprint density at radius 2 is 1.90 bits per heavy atom. The molecule has 2 aliphatic rings. The average molecular weight is 274 g/mol. The van der Waals surface area contributed by atoms with Gasteiger partial charge in [-0.15, -0.1) is 0 Å². The minimum absolute atomic E-state index is 0.612. The normalized spacial score (nSPS) is 20.2. The van der Waals surface area contributed by atoms with Crippen molar-refractivity contribution in [3.05, 3.63) is 11.9 Å². The molecule has 0 bridgehead atoms. The molecule has 1 saturated heterocycles. The third-order valence-electron chi connectivity index (χ3n) is 4.55. The van der Waals surface area contributed by atoms with Gasteiger partial charge in [0.15, 0.2) is 0 Å². The monoisotopic (exact) mass is 274 g/mol. The Bertz CT molecular complexity index is 448. The summed E-state index contributed by atoms with van der Waals surface area (Å²) in [6.07, 6.45) is 6.43. The average Bonchev–Trinajstić information content (AvgIpc) is 3.32. The van der Waals surface area contributed by atoms with Crippen LogP contribution >= 0.6 is 0 Å². The molecule has 0 aromatic carbocycles. The number of anilines is 2. The predicted molar refractivity (Wildman–Crippen MR) is 83.4 cm³/mol. The zero-order valence-corrected chi connectivity index (χ0v) is 12.7. The van der Waals surface area contributed by atoms with E-state index in [-0.39, 0.29) is 0 Å². The fourth-order valence-electron chi connectivity index (χ4n) is 2.98. The summed E-state index contributed by atoms with van der Waals surface area (Å²) >= 11 is 0. The van der Waals surface area contributed by atoms with Gasteiger partial charge in [-0.1, -0.05) is 13.3 Å². The van der Waals surface area contributed by atoms with Crippen molar-refractivity contribution in [3.8, 4) is 0 Å². The summed E-state index contributed by atoms with van der Waals surface area (Å²) in [4.78, 5) is 11.9. The predicted octanol–water partition coefficient (Wildman–Crippen LogP) is 3.41. The van der Waals surface area contributed by atoms with Crippen LogP contribution in [-0.2, 0) is 0 Å². The van der Waals surface area contributed by atoms with E-state index in [0.717, 1.165) is 43.0 Å². The van der Waals surface area contributed by atoms with Gasteiger partial charge in [-0.25, -0.2) is 9.97 Å². The molecule has 0 spiro atoms. The molecule has 1 saturated carbocycles. The van der Waals surface area contributed by atoms with E-state index < -0.39 is 0 Å². The zero-order chi connectivity index (χ0) is 13.9. The minimum Gasteiger partial charge on any atom is -0.370 e. The molecule has 3 rings (SSSR count). The van der Waals surface area contributed by atoms with Gasteiger partial charge in [-0.2, -0.15) is 0 Å². The Kier molecular flexibility index (Phi) is 4.08. The van der Waals surface area contributed by atoms with Crippen LogP contribution in [0, 0.1) is 5.92 Å². The molecular weight excluding hydrogens is 248 g/mol. The van der Waals surface area contributed by atoms with Gasteiger partial charge in [-0.3, -0.25) is 0 Å². The second kappa shape index (κ2) is 5.98. The van der Waals surface area contributed by atoms with Crippen LogP contribution in [-0.4, -0.2) is 29.6 Å². The second-order valence-corrected chi connectivity index (χ2v) is 6.11. The molecule has 1 N–H and O–H groups in total. The Labute approximate surface area is 122 Å². The molecule has 110 valence electrons. The van der Waals surface area contributed by atoms with E-state index in [2.05, 4.69) is 35.1 Å². The van der Waals surface area contributed by atoms with Gasteiger partial charge in [0.25, 0.3) is 0 Å². The number of hydrogen-bond acceptors (Lipinski definition) is 4. The highest BCUT2D eigenvalue weighted by Crippen LogP contribution is 2.39. The fraction of sp³-hybridized carbons (Fsp3) is 0.750. The summed E-state index contributed by atoms with van der Waals surface area (Å²) in [6.45, 7) is 7.62. The Morgan fingerprint density at radius 1 is 1.15 bits per heavy atom. The van der Waals surface area contributed by atoms with Crippen LogP contribution < -0.4 is 10.2 Å². The molecule has 4 nitrogen and oxygen atoms in total. The highest BCUT2D eigenvalue weighted by molar-refractivity contribution is 5.50. The van der Waals surface area contributed by atoms with Crippen molar-refractivity contribution in [1.82, 2.24) is 9.97 Å². The summed E-state index contributed by atoms with van der Waals surface area (Å²) in [6, 6.07) is 2.13. The number of piperidine rings is 1. The molecule has 1 aromatic heterocycles. The molecular formula is C16H26N4. The molecule has 1 aliphatic heterocycles. The molecule has 1 aromatic rings. The van der Waals surface area contributed by atoms with E-state index in [4.69, 9.17) is 4.98 Å². The van der Waals surface area contributed by atoms with Crippen molar-refractivity contribution in [1.29, 1.82) is 0 Å². The number of nitrogens with one attached hydrogen (secondary N) is 1. The van der Waals surface area contributed by atoms with Gasteiger partial charge in [0.2, 0.25) is 0 Å². The largest absolute Gasteiger partial charge is 0.370 e. The van der Waals surface area contributed by atoms with Crippen molar-refractivity contribution in [2.75, 3.05) is 29.9 Å². The molecule has 0 atom stereocenters. The first-order valence-electron chi connectivity index (χ1n) is 8.18. The van der Waals surface area contributed by atoms with E-state index in [0.29, 0.717) is 5.92 Å². The highest BCUT2D eigenvalue weighted by atomic mass is 15.2. The molecule has 2 heterocycles. The summed E-state index contributed by atoms with van der Waals surface area (Å²) in [7, 11) is 0. The van der Waals surface area contributed by atoms with E-state index in [1.54, 1.807) is 0 Å². The molecule has 20 heavy (non-hydrogen) atoms. The second-order valence-electron chi connectivity index (χ2n) is 6.11. The molecule has 0 radical (unpaired) electrons. The quantitative estimate of drug-likeness (QED) is 0.893. The third-order valence-corrected chi connectivity index (χ3v) is 4.55. The number of rotatable bonds is 5. The van der Waals surface area contributed by atoms with Crippen molar-refractivity contribution >= 4 is 11.6 Å². The molecule has 1 aliphatic carbocycles. The lowest BCUT2D eigenvalue weighted by molar-refractivity contribution is 0.393. The zero-order valence-electron chi connectivity index (χ0n) is 12.7. The number of aromatic nitrogens is 2. The highest BCUT2D eigenvalue weighted by Gasteiger charge is 2.28. The maximum absolute atomic E-state index is 4.83. The van der Waals surface area contributed by atoms with Crippen LogP contribution in [0.2, 0.25) is 0 Å². The maximum Gasteiger partial charge on any atom is 0.136 e. The van der Waals surface area contributed by atoms with Gasteiger partial charge in [0.05, 0.1) is 0 Å². The van der Waals surface area contributed by atoms with Gasteiger partial charge >= 0.3 is 0 Å². The Hall–Kier alpha value is -1.32. The molecule has 0 unspecified atom stereocenters. The minimum atomic E-state index is 0.612. The third kappa shape index (κ3) is 3.05. The summed E-state index contributed by atoms with van der Waals surface area (Å²) < 4.78 is 0. The first kappa shape index (κ1) is 13.7. The van der Waals surface area contributed by atoms with E-state index in [9.17, 15) is 0 Å². The molecule has 0 amide bonds. The fourth-order valence-corrected chi connectivity index (χ4v) is 2.98. The molecule has 4 heteroatoms. The van der Waals surface area contributed by atoms with Crippen LogP contribution in [0.5, 0.6) is 0 Å². The van der Waals surface area contributed by atoms with Crippen molar-refractivity contribution < 1.29 is 0 Å². The number of hydrogen-bond donors (Lipinski definition) is 1. The number of nitrogens with zero attached hydrogens (tertiary/aromatic N) is 3. The lowest BCUT2D eigenvalue weighted by atomic mass is 9.94. The van der Waals surface area contributed by atoms with Crippen molar-refractivity contribution in [2.24, 2.45) is 5.92 Å². The first-order chi connectivity index (χ1) is 9.80. The van der Waals surface area contributed by atoms with Gasteiger partial charge in [-0.05, 0) is 38.5 Å². The lowest BCUT2D eigenvalue weighted by Crippen LogP contribution is -2.34. The maximum atomic E-state index is 4.83. The van der Waals surface area contributed by atoms with E-state index in [1.165, 1.54) is 32.1 Å². The van der Waals surface area contributed by atoms with Gasteiger partial charge in [0.1, 0.15) is 17.5 Å².